The molecule has 4 heterocycles. The van der Waals surface area contributed by atoms with E-state index in [0.29, 0.717) is 25.4 Å². The fraction of sp³-hybridized carbons (Fsp3) is 0.375. The summed E-state index contributed by atoms with van der Waals surface area (Å²) in [6.07, 6.45) is 2.56. The van der Waals surface area contributed by atoms with E-state index in [0.717, 1.165) is 46.7 Å². The first-order valence-corrected chi connectivity index (χ1v) is 15.3. The Morgan fingerprint density at radius 3 is 2.93 bits per heavy atom. The molecule has 2 aromatic heterocycles. The highest BCUT2D eigenvalue weighted by atomic mass is 32.1. The molecule has 1 unspecified atom stereocenters. The fourth-order valence-electron chi connectivity index (χ4n) is 6.06. The van der Waals surface area contributed by atoms with Crippen LogP contribution in [0.3, 0.4) is 0 Å². The van der Waals surface area contributed by atoms with Gasteiger partial charge in [0.15, 0.2) is 0 Å². The van der Waals surface area contributed by atoms with E-state index in [-0.39, 0.29) is 30.2 Å². The van der Waals surface area contributed by atoms with Gasteiger partial charge in [-0.25, -0.2) is 0 Å². The van der Waals surface area contributed by atoms with Crippen molar-refractivity contribution in [1.29, 1.82) is 0 Å². The van der Waals surface area contributed by atoms with E-state index in [1.165, 1.54) is 21.8 Å². The molecule has 0 aliphatic carbocycles. The molecule has 0 saturated carbocycles. The first kappa shape index (κ1) is 28.3. The molecule has 0 amide bonds. The molecule has 2 aliphatic rings. The highest BCUT2D eigenvalue weighted by molar-refractivity contribution is 7.17. The van der Waals surface area contributed by atoms with Gasteiger partial charge in [0.25, 0.3) is 0 Å². The predicted molar refractivity (Wildman–Crippen MR) is 166 cm³/mol. The van der Waals surface area contributed by atoms with Crippen molar-refractivity contribution in [1.82, 2.24) is 15.4 Å². The maximum atomic E-state index is 13.0. The lowest BCUT2D eigenvalue weighted by Crippen LogP contribution is -2.32. The zero-order valence-electron chi connectivity index (χ0n) is 24.4. The number of carbonyl (C=O) groups excluding carboxylic acids is 1. The summed E-state index contributed by atoms with van der Waals surface area (Å²) in [6.45, 7) is 8.48. The largest absolute Gasteiger partial charge is 0.506 e. The molecule has 0 radical (unpaired) electrons. The summed E-state index contributed by atoms with van der Waals surface area (Å²) < 4.78 is 12.9. The molecule has 4 aromatic rings. The van der Waals surface area contributed by atoms with Gasteiger partial charge in [-0.15, -0.1) is 16.9 Å². The van der Waals surface area contributed by atoms with Crippen LogP contribution in [0.25, 0.3) is 10.1 Å². The molecule has 2 aliphatic heterocycles. The Kier molecular flexibility index (Phi) is 7.94. The van der Waals surface area contributed by atoms with Crippen LogP contribution >= 0.6 is 11.3 Å². The van der Waals surface area contributed by atoms with Crippen LogP contribution in [0.4, 0.5) is 11.4 Å². The number of aromatic hydroxyl groups is 1. The van der Waals surface area contributed by atoms with Crippen LogP contribution in [0.1, 0.15) is 60.6 Å². The van der Waals surface area contributed by atoms with Crippen molar-refractivity contribution < 1.29 is 19.4 Å². The number of ether oxygens (including phenoxy) is 2. The molecule has 9 nitrogen and oxygen atoms in total. The molecular weight excluding hydrogens is 550 g/mol. The van der Waals surface area contributed by atoms with Crippen molar-refractivity contribution in [2.45, 2.75) is 58.7 Å². The van der Waals surface area contributed by atoms with Crippen molar-refractivity contribution >= 4 is 38.8 Å². The van der Waals surface area contributed by atoms with Crippen LogP contribution < -0.4 is 20.7 Å². The van der Waals surface area contributed by atoms with Gasteiger partial charge < -0.3 is 20.0 Å². The fourth-order valence-corrected chi connectivity index (χ4v) is 6.95. The van der Waals surface area contributed by atoms with Gasteiger partial charge in [0.2, 0.25) is 0 Å². The highest BCUT2D eigenvalue weighted by Crippen LogP contribution is 2.41. The van der Waals surface area contributed by atoms with Crippen molar-refractivity contribution in [3.05, 3.63) is 75.9 Å². The van der Waals surface area contributed by atoms with E-state index >= 15 is 0 Å². The minimum atomic E-state index is -0.209. The Balaban J connectivity index is 1.40. The average molecular weight is 588 g/mol. The summed E-state index contributed by atoms with van der Waals surface area (Å²) in [5.41, 5.74) is 13.8. The SMILES string of the molecule is CCOC(=O)CC(c1cc(CN2Cc3ncc(O)cc3O[C@H](CC)C2)c2sccc2c1)c1ccc2c(c1C)NNN2C. The molecule has 6 rings (SSSR count). The van der Waals surface area contributed by atoms with Gasteiger partial charge in [-0.2, -0.15) is 0 Å². The van der Waals surface area contributed by atoms with Crippen LogP contribution in [0, 0.1) is 6.92 Å². The first-order chi connectivity index (χ1) is 20.3. The topological polar surface area (TPSA) is 99.2 Å². The van der Waals surface area contributed by atoms with Gasteiger partial charge in [0.1, 0.15) is 17.6 Å². The van der Waals surface area contributed by atoms with Crippen molar-refractivity contribution in [2.24, 2.45) is 0 Å². The van der Waals surface area contributed by atoms with Gasteiger partial charge in [0.05, 0.1) is 36.3 Å². The number of thiophene rings is 1. The van der Waals surface area contributed by atoms with E-state index in [2.05, 4.69) is 70.4 Å². The number of anilines is 2. The zero-order valence-corrected chi connectivity index (χ0v) is 25.3. The van der Waals surface area contributed by atoms with E-state index in [1.807, 2.05) is 19.0 Å². The number of carbonyl (C=O) groups is 1. The maximum Gasteiger partial charge on any atom is 0.306 e. The summed E-state index contributed by atoms with van der Waals surface area (Å²) in [7, 11) is 1.97. The number of hydrogen-bond acceptors (Lipinski definition) is 10. The second kappa shape index (κ2) is 11.8. The molecule has 10 heteroatoms. The number of nitrogens with one attached hydrogen (secondary N) is 2. The standard InChI is InChI=1S/C32H37N5O4S/c1-5-24-17-37(18-27-29(41-24)13-23(38)15-33-27)16-22-12-21(11-20-9-10-42-32(20)22)26(14-30(39)40-6-2)25-7-8-28-31(19(25)3)34-35-36(28)4/h7-13,15,24,26,34-35,38H,5-6,14,16-18H2,1-4H3/t24-,26?/m1/s1. The summed E-state index contributed by atoms with van der Waals surface area (Å²) in [4.78, 5) is 19.8. The summed E-state index contributed by atoms with van der Waals surface area (Å²) in [5.74, 6) is 0.372. The summed E-state index contributed by atoms with van der Waals surface area (Å²) >= 11 is 1.74. The third-order valence-corrected chi connectivity index (χ3v) is 9.20. The molecule has 2 atom stereocenters. The normalized spacial score (nSPS) is 17.2. The molecule has 2 aromatic carbocycles. The summed E-state index contributed by atoms with van der Waals surface area (Å²) in [6, 6.07) is 12.5. The third kappa shape index (κ3) is 5.49. The Labute approximate surface area is 250 Å². The second-order valence-corrected chi connectivity index (χ2v) is 11.9. The van der Waals surface area contributed by atoms with Gasteiger partial charge in [0, 0.05) is 43.4 Å². The van der Waals surface area contributed by atoms with Gasteiger partial charge in [-0.3, -0.25) is 19.7 Å². The van der Waals surface area contributed by atoms with Gasteiger partial charge in [-0.05, 0) is 71.5 Å². The Morgan fingerprint density at radius 2 is 2.12 bits per heavy atom. The van der Waals surface area contributed by atoms with Crippen molar-refractivity contribution in [3.63, 3.8) is 0 Å². The molecule has 0 spiro atoms. The quantitative estimate of drug-likeness (QED) is 0.219. The zero-order chi connectivity index (χ0) is 29.4. The lowest BCUT2D eigenvalue weighted by molar-refractivity contribution is -0.143. The molecule has 0 fully saturated rings. The third-order valence-electron chi connectivity index (χ3n) is 8.19. The molecule has 3 N–H and O–H groups in total. The van der Waals surface area contributed by atoms with Gasteiger partial charge in [-0.1, -0.05) is 19.1 Å². The molecular formula is C32H37N5O4S. The van der Waals surface area contributed by atoms with E-state index in [9.17, 15) is 9.90 Å². The number of aromatic nitrogens is 1. The number of nitrogens with zero attached hydrogens (tertiary/aromatic N) is 3. The van der Waals surface area contributed by atoms with E-state index in [4.69, 9.17) is 9.47 Å². The van der Waals surface area contributed by atoms with Crippen LogP contribution in [0.2, 0.25) is 0 Å². The minimum Gasteiger partial charge on any atom is -0.506 e. The number of esters is 1. The van der Waals surface area contributed by atoms with Crippen molar-refractivity contribution in [3.8, 4) is 11.5 Å². The first-order valence-electron chi connectivity index (χ1n) is 14.5. The lowest BCUT2D eigenvalue weighted by atomic mass is 9.84. The number of fused-ring (bicyclic) bond motifs is 3. The Bertz CT molecular complexity index is 1620. The van der Waals surface area contributed by atoms with Crippen LogP contribution in [0.15, 0.2) is 48.0 Å². The molecule has 42 heavy (non-hydrogen) atoms. The number of pyridine rings is 1. The van der Waals surface area contributed by atoms with Crippen LogP contribution in [0.5, 0.6) is 11.5 Å². The minimum absolute atomic E-state index is 0.0123. The lowest BCUT2D eigenvalue weighted by Gasteiger charge is -2.25. The van der Waals surface area contributed by atoms with E-state index < -0.39 is 0 Å². The Hall–Kier alpha value is -3.86. The smallest absolute Gasteiger partial charge is 0.306 e. The maximum absolute atomic E-state index is 13.0. The number of rotatable bonds is 8. The van der Waals surface area contributed by atoms with Crippen molar-refractivity contribution in [2.75, 3.05) is 30.6 Å². The van der Waals surface area contributed by atoms with E-state index in [1.54, 1.807) is 17.4 Å². The Morgan fingerprint density at radius 1 is 1.26 bits per heavy atom. The second-order valence-electron chi connectivity index (χ2n) is 11.0. The summed E-state index contributed by atoms with van der Waals surface area (Å²) in [5, 5.41) is 15.2. The monoisotopic (exact) mass is 587 g/mol. The number of hydrazine groups is 2. The molecule has 220 valence electrons. The molecule has 0 bridgehead atoms. The molecule has 0 saturated heterocycles. The number of benzene rings is 2. The van der Waals surface area contributed by atoms with Gasteiger partial charge >= 0.3 is 5.97 Å². The van der Waals surface area contributed by atoms with Crippen LogP contribution in [-0.2, 0) is 22.6 Å². The average Bonchev–Trinajstić information content (AvgIpc) is 3.56. The predicted octanol–water partition coefficient (Wildman–Crippen LogP) is 5.85. The van der Waals surface area contributed by atoms with Crippen LogP contribution in [-0.4, -0.2) is 47.3 Å². The highest BCUT2D eigenvalue weighted by Gasteiger charge is 2.28. The number of hydrogen-bond donors (Lipinski definition) is 3.